The smallest absolute Gasteiger partial charge is 0.406 e. The van der Waals surface area contributed by atoms with Crippen LogP contribution in [0.5, 0.6) is 5.75 Å². The van der Waals surface area contributed by atoms with Gasteiger partial charge in [-0.2, -0.15) is 0 Å². The van der Waals surface area contributed by atoms with E-state index >= 15 is 0 Å². The zero-order chi connectivity index (χ0) is 19.4. The molecule has 1 aliphatic carbocycles. The number of hydrogen-bond donors (Lipinski definition) is 0. The van der Waals surface area contributed by atoms with E-state index in [9.17, 15) is 13.2 Å². The van der Waals surface area contributed by atoms with Crippen LogP contribution >= 0.6 is 0 Å². The standard InChI is InChI=1S/C22H31F3NO/c1-3-5-7-16(4-2)13-26-14-20-19(21(20)15-26)11-10-17-8-6-9-18(12-17)27-22(23,24)25/h6,8-10,12,16,19-21H,3-5,7,11,13-15H2,1-2H3. The van der Waals surface area contributed by atoms with Gasteiger partial charge in [-0.1, -0.05) is 45.2 Å². The summed E-state index contributed by atoms with van der Waals surface area (Å²) in [4.78, 5) is 2.63. The lowest BCUT2D eigenvalue weighted by atomic mass is 9.98. The molecule has 3 atom stereocenters. The highest BCUT2D eigenvalue weighted by Crippen LogP contribution is 2.54. The molecule has 151 valence electrons. The lowest BCUT2D eigenvalue weighted by molar-refractivity contribution is -0.274. The van der Waals surface area contributed by atoms with Crippen LogP contribution in [0.25, 0.3) is 0 Å². The van der Waals surface area contributed by atoms with Crippen LogP contribution < -0.4 is 4.74 Å². The number of rotatable bonds is 10. The predicted octanol–water partition coefficient (Wildman–Crippen LogP) is 5.92. The highest BCUT2D eigenvalue weighted by atomic mass is 19.4. The number of ether oxygens (including phenoxy) is 1. The maximum absolute atomic E-state index is 12.3. The van der Waals surface area contributed by atoms with Crippen molar-refractivity contribution in [2.75, 3.05) is 19.6 Å². The maximum atomic E-state index is 12.3. The van der Waals surface area contributed by atoms with Crippen molar-refractivity contribution >= 4 is 0 Å². The van der Waals surface area contributed by atoms with Crippen molar-refractivity contribution in [3.63, 3.8) is 0 Å². The summed E-state index contributed by atoms with van der Waals surface area (Å²) in [6, 6.07) is 6.27. The highest BCUT2D eigenvalue weighted by molar-refractivity contribution is 5.33. The van der Waals surface area contributed by atoms with E-state index in [2.05, 4.69) is 29.9 Å². The Morgan fingerprint density at radius 1 is 1.22 bits per heavy atom. The SMILES string of the molecule is CCCCC(CC)CN1CC2C(C[CH]c3cccc(OC(F)(F)F)c3)C2C1. The second-order valence-corrected chi connectivity index (χ2v) is 8.19. The third-order valence-electron chi connectivity index (χ3n) is 6.22. The Balaban J connectivity index is 1.40. The fourth-order valence-electron chi connectivity index (χ4n) is 4.63. The molecule has 0 bridgehead atoms. The molecule has 3 unspecified atom stereocenters. The molecule has 1 radical (unpaired) electrons. The van der Waals surface area contributed by atoms with Crippen molar-refractivity contribution in [2.45, 2.75) is 52.3 Å². The van der Waals surface area contributed by atoms with Crippen LogP contribution in [0, 0.1) is 30.1 Å². The number of halogens is 3. The molecule has 0 spiro atoms. The Morgan fingerprint density at radius 2 is 1.96 bits per heavy atom. The number of hydrogen-bond acceptors (Lipinski definition) is 2. The van der Waals surface area contributed by atoms with Crippen molar-refractivity contribution in [2.24, 2.45) is 23.7 Å². The van der Waals surface area contributed by atoms with E-state index in [0.29, 0.717) is 5.92 Å². The zero-order valence-corrected chi connectivity index (χ0v) is 16.3. The summed E-state index contributed by atoms with van der Waals surface area (Å²) >= 11 is 0. The molecular formula is C22H31F3NO. The van der Waals surface area contributed by atoms with Crippen LogP contribution in [-0.2, 0) is 0 Å². The molecule has 1 aromatic rings. The molecule has 27 heavy (non-hydrogen) atoms. The number of nitrogens with zero attached hydrogens (tertiary/aromatic N) is 1. The van der Waals surface area contributed by atoms with Gasteiger partial charge in [-0.3, -0.25) is 0 Å². The van der Waals surface area contributed by atoms with Crippen LogP contribution in [0.1, 0.15) is 51.5 Å². The van der Waals surface area contributed by atoms with E-state index < -0.39 is 6.36 Å². The van der Waals surface area contributed by atoms with Gasteiger partial charge < -0.3 is 9.64 Å². The Bertz CT molecular complexity index is 591. The monoisotopic (exact) mass is 382 g/mol. The van der Waals surface area contributed by atoms with E-state index in [1.54, 1.807) is 6.07 Å². The van der Waals surface area contributed by atoms with Gasteiger partial charge in [0.25, 0.3) is 0 Å². The molecule has 1 saturated carbocycles. The zero-order valence-electron chi connectivity index (χ0n) is 16.3. The number of unbranched alkanes of at least 4 members (excludes halogenated alkanes) is 1. The molecule has 1 heterocycles. The minimum absolute atomic E-state index is 0.142. The topological polar surface area (TPSA) is 12.5 Å². The molecule has 1 aliphatic heterocycles. The Kier molecular flexibility index (Phi) is 6.72. The summed E-state index contributed by atoms with van der Waals surface area (Å²) in [6.07, 6.45) is 3.58. The second kappa shape index (κ2) is 8.85. The van der Waals surface area contributed by atoms with E-state index in [0.717, 1.165) is 29.7 Å². The fourth-order valence-corrected chi connectivity index (χ4v) is 4.63. The molecule has 0 amide bonds. The van der Waals surface area contributed by atoms with Crippen LogP contribution in [-0.4, -0.2) is 30.9 Å². The van der Waals surface area contributed by atoms with Crippen LogP contribution in [0.2, 0.25) is 0 Å². The molecule has 2 aliphatic rings. The van der Waals surface area contributed by atoms with Crippen LogP contribution in [0.15, 0.2) is 24.3 Å². The van der Waals surface area contributed by atoms with Gasteiger partial charge in [-0.15, -0.1) is 13.2 Å². The number of likely N-dealkylation sites (tertiary alicyclic amines) is 1. The van der Waals surface area contributed by atoms with Gasteiger partial charge in [-0.05, 0) is 60.6 Å². The van der Waals surface area contributed by atoms with Crippen molar-refractivity contribution in [1.29, 1.82) is 0 Å². The first kappa shape index (κ1) is 20.5. The summed E-state index contributed by atoms with van der Waals surface area (Å²) in [5.74, 6) is 2.93. The molecule has 5 heteroatoms. The van der Waals surface area contributed by atoms with Gasteiger partial charge in [0.15, 0.2) is 0 Å². The van der Waals surface area contributed by atoms with Crippen molar-refractivity contribution in [3.8, 4) is 5.75 Å². The van der Waals surface area contributed by atoms with Gasteiger partial charge in [0, 0.05) is 19.6 Å². The van der Waals surface area contributed by atoms with Crippen molar-refractivity contribution in [3.05, 3.63) is 36.2 Å². The van der Waals surface area contributed by atoms with E-state index in [1.165, 1.54) is 57.5 Å². The molecule has 0 aromatic heterocycles. The van der Waals surface area contributed by atoms with Crippen LogP contribution in [0.4, 0.5) is 13.2 Å². The average Bonchev–Trinajstić information content (AvgIpc) is 3.06. The number of alkyl halides is 3. The summed E-state index contributed by atoms with van der Waals surface area (Å²) in [5, 5.41) is 0. The van der Waals surface area contributed by atoms with Gasteiger partial charge in [-0.25, -0.2) is 0 Å². The minimum Gasteiger partial charge on any atom is -0.406 e. The third kappa shape index (κ3) is 5.87. The fraction of sp³-hybridized carbons (Fsp3) is 0.682. The Labute approximate surface area is 161 Å². The first-order chi connectivity index (χ1) is 12.9. The highest BCUT2D eigenvalue weighted by Gasteiger charge is 2.54. The summed E-state index contributed by atoms with van der Waals surface area (Å²) in [6.45, 7) is 8.18. The van der Waals surface area contributed by atoms with Crippen molar-refractivity contribution in [1.82, 2.24) is 4.90 Å². The summed E-state index contributed by atoms with van der Waals surface area (Å²) in [7, 11) is 0. The molecule has 1 saturated heterocycles. The molecule has 1 aromatic carbocycles. The molecule has 2 fully saturated rings. The van der Waals surface area contributed by atoms with Crippen molar-refractivity contribution < 1.29 is 17.9 Å². The van der Waals surface area contributed by atoms with Gasteiger partial charge in [0.1, 0.15) is 5.75 Å². The molecular weight excluding hydrogens is 351 g/mol. The Hall–Kier alpha value is -1.23. The lowest BCUT2D eigenvalue weighted by Gasteiger charge is -2.25. The van der Waals surface area contributed by atoms with E-state index in [4.69, 9.17) is 0 Å². The number of benzene rings is 1. The Morgan fingerprint density at radius 3 is 2.59 bits per heavy atom. The normalized spacial score (nSPS) is 26.0. The quantitative estimate of drug-likeness (QED) is 0.498. The first-order valence-corrected chi connectivity index (χ1v) is 10.3. The summed E-state index contributed by atoms with van der Waals surface area (Å²) < 4.78 is 41.0. The van der Waals surface area contributed by atoms with Gasteiger partial charge in [0.2, 0.25) is 0 Å². The van der Waals surface area contributed by atoms with E-state index in [-0.39, 0.29) is 5.75 Å². The second-order valence-electron chi connectivity index (χ2n) is 8.19. The molecule has 0 N–H and O–H groups in total. The average molecular weight is 382 g/mol. The predicted molar refractivity (Wildman–Crippen MR) is 101 cm³/mol. The largest absolute Gasteiger partial charge is 0.573 e. The molecule has 3 rings (SSSR count). The molecule has 2 nitrogen and oxygen atoms in total. The lowest BCUT2D eigenvalue weighted by Crippen LogP contribution is -2.30. The summed E-state index contributed by atoms with van der Waals surface area (Å²) in [5.41, 5.74) is 0.809. The minimum atomic E-state index is -4.64. The first-order valence-electron chi connectivity index (χ1n) is 10.3. The number of fused-ring (bicyclic) bond motifs is 1. The van der Waals surface area contributed by atoms with Gasteiger partial charge >= 0.3 is 6.36 Å². The maximum Gasteiger partial charge on any atom is 0.573 e. The van der Waals surface area contributed by atoms with E-state index in [1.807, 2.05) is 6.07 Å². The van der Waals surface area contributed by atoms with Gasteiger partial charge in [0.05, 0.1) is 0 Å². The van der Waals surface area contributed by atoms with Crippen LogP contribution in [0.3, 0.4) is 0 Å². The number of piperidine rings is 1. The third-order valence-corrected chi connectivity index (χ3v) is 6.22.